The Hall–Kier alpha value is -1.13. The molecule has 0 saturated carbocycles. The molecule has 1 aliphatic rings. The van der Waals surface area contributed by atoms with Crippen molar-refractivity contribution in [1.82, 2.24) is 5.32 Å². The van der Waals surface area contributed by atoms with Crippen LogP contribution in [0.25, 0.3) is 0 Å². The SMILES string of the molecule is COCCNCC(C)CC1Cc2cc(F)ccc2O1. The summed E-state index contributed by atoms with van der Waals surface area (Å²) in [5.74, 6) is 1.18. The third-order valence-electron chi connectivity index (χ3n) is 3.40. The van der Waals surface area contributed by atoms with Crippen LogP contribution < -0.4 is 10.1 Å². The van der Waals surface area contributed by atoms with E-state index in [0.29, 0.717) is 5.92 Å². The zero-order valence-electron chi connectivity index (χ0n) is 11.6. The topological polar surface area (TPSA) is 30.5 Å². The standard InChI is InChI=1S/C15H22FNO2/c1-11(10-17-5-6-18-2)7-14-9-12-8-13(16)3-4-15(12)19-14/h3-4,8,11,14,17H,5-7,9-10H2,1-2H3. The van der Waals surface area contributed by atoms with Gasteiger partial charge in [-0.15, -0.1) is 0 Å². The Morgan fingerprint density at radius 2 is 2.37 bits per heavy atom. The predicted molar refractivity (Wildman–Crippen MR) is 73.0 cm³/mol. The first-order valence-corrected chi connectivity index (χ1v) is 6.83. The fraction of sp³-hybridized carbons (Fsp3) is 0.600. The largest absolute Gasteiger partial charge is 0.490 e. The second-order valence-electron chi connectivity index (χ2n) is 5.23. The summed E-state index contributed by atoms with van der Waals surface area (Å²) >= 11 is 0. The van der Waals surface area contributed by atoms with Gasteiger partial charge in [0.2, 0.25) is 0 Å². The van der Waals surface area contributed by atoms with Crippen molar-refractivity contribution in [3.8, 4) is 5.75 Å². The maximum Gasteiger partial charge on any atom is 0.123 e. The van der Waals surface area contributed by atoms with E-state index in [9.17, 15) is 4.39 Å². The van der Waals surface area contributed by atoms with Gasteiger partial charge in [0.05, 0.1) is 6.61 Å². The number of fused-ring (bicyclic) bond motifs is 1. The molecule has 19 heavy (non-hydrogen) atoms. The van der Waals surface area contributed by atoms with Crippen LogP contribution in [0.15, 0.2) is 18.2 Å². The van der Waals surface area contributed by atoms with Crippen LogP contribution in [0.2, 0.25) is 0 Å². The molecule has 1 aliphatic heterocycles. The second-order valence-corrected chi connectivity index (χ2v) is 5.23. The van der Waals surface area contributed by atoms with Crippen LogP contribution >= 0.6 is 0 Å². The number of nitrogens with one attached hydrogen (secondary N) is 1. The number of hydrogen-bond acceptors (Lipinski definition) is 3. The highest BCUT2D eigenvalue weighted by atomic mass is 19.1. The lowest BCUT2D eigenvalue weighted by Crippen LogP contribution is -2.28. The molecule has 4 heteroatoms. The molecule has 2 rings (SSSR count). The van der Waals surface area contributed by atoms with Gasteiger partial charge in [-0.1, -0.05) is 6.92 Å². The normalized spacial score (nSPS) is 19.0. The molecular weight excluding hydrogens is 245 g/mol. The molecule has 1 aromatic carbocycles. The minimum Gasteiger partial charge on any atom is -0.490 e. The fourth-order valence-electron chi connectivity index (χ4n) is 2.48. The van der Waals surface area contributed by atoms with Gasteiger partial charge >= 0.3 is 0 Å². The van der Waals surface area contributed by atoms with Crippen molar-refractivity contribution in [2.45, 2.75) is 25.9 Å². The molecule has 0 fully saturated rings. The summed E-state index contributed by atoms with van der Waals surface area (Å²) in [5, 5.41) is 3.35. The van der Waals surface area contributed by atoms with Crippen LogP contribution in [-0.2, 0) is 11.2 Å². The summed E-state index contributed by atoms with van der Waals surface area (Å²) in [5.41, 5.74) is 0.990. The molecule has 0 saturated heterocycles. The van der Waals surface area contributed by atoms with Crippen LogP contribution in [0.1, 0.15) is 18.9 Å². The zero-order chi connectivity index (χ0) is 13.7. The monoisotopic (exact) mass is 267 g/mol. The van der Waals surface area contributed by atoms with E-state index in [1.54, 1.807) is 19.2 Å². The number of halogens is 1. The summed E-state index contributed by atoms with van der Waals surface area (Å²) in [6, 6.07) is 4.76. The Bertz CT molecular complexity index is 411. The Balaban J connectivity index is 1.74. The van der Waals surface area contributed by atoms with E-state index in [2.05, 4.69) is 12.2 Å². The Labute approximate surface area is 114 Å². The first kappa shape index (κ1) is 14.3. The lowest BCUT2D eigenvalue weighted by atomic mass is 10.00. The highest BCUT2D eigenvalue weighted by Crippen LogP contribution is 2.31. The molecule has 0 aliphatic carbocycles. The molecule has 3 nitrogen and oxygen atoms in total. The van der Waals surface area contributed by atoms with E-state index in [-0.39, 0.29) is 11.9 Å². The first-order valence-electron chi connectivity index (χ1n) is 6.83. The van der Waals surface area contributed by atoms with Crippen molar-refractivity contribution in [2.75, 3.05) is 26.8 Å². The van der Waals surface area contributed by atoms with Gasteiger partial charge in [0.25, 0.3) is 0 Å². The molecule has 106 valence electrons. The van der Waals surface area contributed by atoms with Gasteiger partial charge in [0, 0.05) is 25.6 Å². The molecule has 0 amide bonds. The van der Waals surface area contributed by atoms with Gasteiger partial charge in [0.1, 0.15) is 17.7 Å². The quantitative estimate of drug-likeness (QED) is 0.769. The van der Waals surface area contributed by atoms with Gasteiger partial charge in [-0.25, -0.2) is 4.39 Å². The first-order chi connectivity index (χ1) is 9.19. The molecule has 0 aromatic heterocycles. The van der Waals surface area contributed by atoms with Crippen LogP contribution in [0.5, 0.6) is 5.75 Å². The smallest absolute Gasteiger partial charge is 0.123 e. The number of rotatable bonds is 7. The van der Waals surface area contributed by atoms with E-state index >= 15 is 0 Å². The fourth-order valence-corrected chi connectivity index (χ4v) is 2.48. The maximum absolute atomic E-state index is 13.1. The van der Waals surface area contributed by atoms with Crippen molar-refractivity contribution in [2.24, 2.45) is 5.92 Å². The summed E-state index contributed by atoms with van der Waals surface area (Å²) in [7, 11) is 1.70. The number of benzene rings is 1. The number of methoxy groups -OCH3 is 1. The molecule has 1 aromatic rings. The van der Waals surface area contributed by atoms with Gasteiger partial charge in [-0.2, -0.15) is 0 Å². The average Bonchev–Trinajstić information content (AvgIpc) is 2.76. The Morgan fingerprint density at radius 3 is 3.16 bits per heavy atom. The Morgan fingerprint density at radius 1 is 1.53 bits per heavy atom. The highest BCUT2D eigenvalue weighted by Gasteiger charge is 2.24. The van der Waals surface area contributed by atoms with Crippen molar-refractivity contribution in [3.63, 3.8) is 0 Å². The molecule has 1 heterocycles. The van der Waals surface area contributed by atoms with E-state index in [0.717, 1.165) is 43.9 Å². The third kappa shape index (κ3) is 4.18. The summed E-state index contributed by atoms with van der Waals surface area (Å²) in [4.78, 5) is 0. The minimum absolute atomic E-state index is 0.177. The molecule has 2 unspecified atom stereocenters. The number of hydrogen-bond donors (Lipinski definition) is 1. The van der Waals surface area contributed by atoms with Crippen LogP contribution in [0.4, 0.5) is 4.39 Å². The predicted octanol–water partition coefficient (Wildman–Crippen LogP) is 2.39. The van der Waals surface area contributed by atoms with Gasteiger partial charge in [-0.3, -0.25) is 0 Å². The van der Waals surface area contributed by atoms with E-state index in [1.807, 2.05) is 0 Å². The molecular formula is C15H22FNO2. The van der Waals surface area contributed by atoms with E-state index in [1.165, 1.54) is 6.07 Å². The summed E-state index contributed by atoms with van der Waals surface area (Å²) in [6.45, 7) is 4.76. The zero-order valence-corrected chi connectivity index (χ0v) is 11.6. The van der Waals surface area contributed by atoms with Crippen molar-refractivity contribution in [1.29, 1.82) is 0 Å². The van der Waals surface area contributed by atoms with Gasteiger partial charge in [0.15, 0.2) is 0 Å². The van der Waals surface area contributed by atoms with Gasteiger partial charge in [-0.05, 0) is 37.1 Å². The van der Waals surface area contributed by atoms with Gasteiger partial charge < -0.3 is 14.8 Å². The minimum atomic E-state index is -0.183. The second kappa shape index (κ2) is 6.87. The number of ether oxygens (including phenoxy) is 2. The molecule has 0 radical (unpaired) electrons. The van der Waals surface area contributed by atoms with Crippen molar-refractivity contribution in [3.05, 3.63) is 29.6 Å². The maximum atomic E-state index is 13.1. The third-order valence-corrected chi connectivity index (χ3v) is 3.40. The van der Waals surface area contributed by atoms with E-state index < -0.39 is 0 Å². The molecule has 2 atom stereocenters. The molecule has 1 N–H and O–H groups in total. The molecule has 0 bridgehead atoms. The average molecular weight is 267 g/mol. The summed E-state index contributed by atoms with van der Waals surface area (Å²) < 4.78 is 23.9. The van der Waals surface area contributed by atoms with Crippen LogP contribution in [0.3, 0.4) is 0 Å². The lowest BCUT2D eigenvalue weighted by molar-refractivity contribution is 0.186. The van der Waals surface area contributed by atoms with E-state index in [4.69, 9.17) is 9.47 Å². The van der Waals surface area contributed by atoms with Crippen LogP contribution in [-0.4, -0.2) is 32.9 Å². The molecule has 0 spiro atoms. The highest BCUT2D eigenvalue weighted by molar-refractivity contribution is 5.37. The van der Waals surface area contributed by atoms with Crippen LogP contribution in [0, 0.1) is 11.7 Å². The lowest BCUT2D eigenvalue weighted by Gasteiger charge is -2.17. The Kier molecular flexibility index (Phi) is 5.16. The summed E-state index contributed by atoms with van der Waals surface area (Å²) in [6.07, 6.45) is 1.97. The van der Waals surface area contributed by atoms with Crippen molar-refractivity contribution >= 4 is 0 Å². The van der Waals surface area contributed by atoms with Crippen molar-refractivity contribution < 1.29 is 13.9 Å².